The molecule has 1 fully saturated rings. The highest BCUT2D eigenvalue weighted by Crippen LogP contribution is 2.41. The highest BCUT2D eigenvalue weighted by molar-refractivity contribution is 6.42. The maximum absolute atomic E-state index is 13.9. The van der Waals surface area contributed by atoms with Gasteiger partial charge in [-0.25, -0.2) is 9.80 Å². The molecule has 0 bridgehead atoms. The van der Waals surface area contributed by atoms with Crippen molar-refractivity contribution in [2.45, 2.75) is 64.9 Å². The second kappa shape index (κ2) is 11.7. The second-order valence-corrected chi connectivity index (χ2v) is 12.4. The number of ether oxygens (including phenoxy) is 1. The molecule has 0 N–H and O–H groups in total. The third-order valence-corrected chi connectivity index (χ3v) is 9.82. The van der Waals surface area contributed by atoms with Gasteiger partial charge >= 0.3 is 0 Å². The number of amides is 4. The van der Waals surface area contributed by atoms with E-state index in [1.807, 2.05) is 36.4 Å². The summed E-state index contributed by atoms with van der Waals surface area (Å²) in [5.74, 6) is -0.896. The van der Waals surface area contributed by atoms with Crippen molar-refractivity contribution in [3.63, 3.8) is 0 Å². The number of anilines is 2. The Balaban J connectivity index is 1.21. The van der Waals surface area contributed by atoms with Gasteiger partial charge in [-0.1, -0.05) is 63.8 Å². The fourth-order valence-electron chi connectivity index (χ4n) is 7.15. The van der Waals surface area contributed by atoms with Crippen molar-refractivity contribution < 1.29 is 23.9 Å². The van der Waals surface area contributed by atoms with Crippen molar-refractivity contribution in [2.75, 3.05) is 16.4 Å². The van der Waals surface area contributed by atoms with Gasteiger partial charge in [0.15, 0.2) is 0 Å². The highest BCUT2D eigenvalue weighted by Gasteiger charge is 2.40. The van der Waals surface area contributed by atoms with Crippen LogP contribution in [-0.4, -0.2) is 30.2 Å². The molecular weight excluding hydrogens is 564 g/mol. The smallest absolute Gasteiger partial charge is 0.265 e. The maximum Gasteiger partial charge on any atom is 0.265 e. The van der Waals surface area contributed by atoms with Crippen molar-refractivity contribution in [1.29, 1.82) is 0 Å². The molecule has 7 heteroatoms. The molecular formula is C38H36N2O5. The van der Waals surface area contributed by atoms with Gasteiger partial charge in [-0.15, -0.1) is 0 Å². The van der Waals surface area contributed by atoms with Crippen LogP contribution in [0.1, 0.15) is 111 Å². The molecule has 1 saturated carbocycles. The van der Waals surface area contributed by atoms with E-state index in [4.69, 9.17) is 4.74 Å². The molecule has 4 amide bonds. The summed E-state index contributed by atoms with van der Waals surface area (Å²) in [7, 11) is 0. The third kappa shape index (κ3) is 4.86. The standard InChI is InChI=1S/C38H36N2O5/c1-3-23(4-2)21-45-22-24-8-7-11-28(20-24)40-37(43)31-18-16-29-33-30(17-19-32(34(31)33)38(40)44)36(42)39(35(29)41)27-14-12-26(13-15-27)25-9-5-6-10-25/h7-8,11-20,23,25H,3-6,9-10,21-22H2,1-2H3. The predicted molar refractivity (Wildman–Crippen MR) is 174 cm³/mol. The van der Waals surface area contributed by atoms with Gasteiger partial charge in [-0.2, -0.15) is 0 Å². The average molecular weight is 601 g/mol. The molecule has 4 aromatic carbocycles. The molecule has 0 aromatic heterocycles. The second-order valence-electron chi connectivity index (χ2n) is 12.4. The van der Waals surface area contributed by atoms with Gasteiger partial charge in [-0.05, 0) is 84.3 Å². The summed E-state index contributed by atoms with van der Waals surface area (Å²) < 4.78 is 5.94. The Hall–Kier alpha value is -4.62. The van der Waals surface area contributed by atoms with Crippen molar-refractivity contribution in [3.8, 4) is 0 Å². The number of carbonyl (C=O) groups is 4. The fourth-order valence-corrected chi connectivity index (χ4v) is 7.15. The minimum atomic E-state index is -0.490. The molecule has 2 heterocycles. The number of rotatable bonds is 9. The number of carbonyl (C=O) groups excluding carboxylic acids is 4. The SMILES string of the molecule is CCC(CC)COCc1cccc(N2C(=O)c3ccc4c5c(ccc(c35)C2=O)C(=O)N(c2ccc(C3CCCC3)cc2)C4=O)c1. The van der Waals surface area contributed by atoms with Crippen LogP contribution in [-0.2, 0) is 11.3 Å². The van der Waals surface area contributed by atoms with Gasteiger partial charge in [0.2, 0.25) is 0 Å². The van der Waals surface area contributed by atoms with E-state index in [0.717, 1.165) is 31.2 Å². The molecule has 4 aromatic rings. The molecule has 0 spiro atoms. The number of nitrogens with zero attached hydrogens (tertiary/aromatic N) is 2. The lowest BCUT2D eigenvalue weighted by Gasteiger charge is -2.32. The zero-order valence-electron chi connectivity index (χ0n) is 25.7. The van der Waals surface area contributed by atoms with Gasteiger partial charge in [0.25, 0.3) is 23.6 Å². The zero-order valence-corrected chi connectivity index (χ0v) is 25.7. The largest absolute Gasteiger partial charge is 0.376 e. The Morgan fingerprint density at radius 2 is 1.18 bits per heavy atom. The first kappa shape index (κ1) is 29.1. The van der Waals surface area contributed by atoms with E-state index in [2.05, 4.69) is 13.8 Å². The van der Waals surface area contributed by atoms with Crippen LogP contribution in [0.25, 0.3) is 10.8 Å². The minimum absolute atomic E-state index is 0.288. The Labute approximate surface area is 262 Å². The van der Waals surface area contributed by atoms with Crippen LogP contribution in [0.2, 0.25) is 0 Å². The van der Waals surface area contributed by atoms with Gasteiger partial charge in [-0.3, -0.25) is 19.2 Å². The Kier molecular flexibility index (Phi) is 7.58. The summed E-state index contributed by atoms with van der Waals surface area (Å²) in [5.41, 5.74) is 4.23. The topological polar surface area (TPSA) is 84.0 Å². The fraction of sp³-hybridized carbons (Fsp3) is 0.316. The molecule has 1 aliphatic carbocycles. The van der Waals surface area contributed by atoms with Gasteiger partial charge in [0.1, 0.15) is 0 Å². The van der Waals surface area contributed by atoms with E-state index in [0.29, 0.717) is 58.3 Å². The quantitative estimate of drug-likeness (QED) is 0.182. The van der Waals surface area contributed by atoms with Crippen molar-refractivity contribution in [2.24, 2.45) is 5.92 Å². The first-order valence-electron chi connectivity index (χ1n) is 16.0. The van der Waals surface area contributed by atoms with E-state index < -0.39 is 23.6 Å². The lowest BCUT2D eigenvalue weighted by molar-refractivity contribution is 0.0841. The normalized spacial score (nSPS) is 16.5. The third-order valence-electron chi connectivity index (χ3n) is 9.82. The van der Waals surface area contributed by atoms with Gasteiger partial charge in [0.05, 0.1) is 18.0 Å². The van der Waals surface area contributed by atoms with E-state index in [1.165, 1.54) is 28.2 Å². The van der Waals surface area contributed by atoms with Gasteiger partial charge < -0.3 is 4.74 Å². The minimum Gasteiger partial charge on any atom is -0.376 e. The van der Waals surface area contributed by atoms with Crippen LogP contribution in [0.15, 0.2) is 72.8 Å². The molecule has 3 aliphatic rings. The zero-order chi connectivity index (χ0) is 31.2. The Morgan fingerprint density at radius 1 is 0.667 bits per heavy atom. The van der Waals surface area contributed by atoms with Crippen LogP contribution in [0, 0.1) is 5.92 Å². The lowest BCUT2D eigenvalue weighted by Crippen LogP contribution is -2.43. The van der Waals surface area contributed by atoms with Crippen molar-refractivity contribution >= 4 is 45.8 Å². The van der Waals surface area contributed by atoms with E-state index in [9.17, 15) is 19.2 Å². The summed E-state index contributed by atoms with van der Waals surface area (Å²) in [5, 5.41) is 0.725. The van der Waals surface area contributed by atoms with Crippen molar-refractivity contribution in [3.05, 3.63) is 106 Å². The van der Waals surface area contributed by atoms with Crippen LogP contribution < -0.4 is 9.80 Å². The Bertz CT molecular complexity index is 1780. The number of benzene rings is 4. The van der Waals surface area contributed by atoms with Crippen molar-refractivity contribution in [1.82, 2.24) is 0 Å². The highest BCUT2D eigenvalue weighted by atomic mass is 16.5. The first-order chi connectivity index (χ1) is 21.9. The number of hydrogen-bond acceptors (Lipinski definition) is 5. The van der Waals surface area contributed by atoms with E-state index >= 15 is 0 Å². The first-order valence-corrected chi connectivity index (χ1v) is 16.0. The molecule has 2 aliphatic heterocycles. The van der Waals surface area contributed by atoms with Gasteiger partial charge in [0, 0.05) is 39.6 Å². The number of hydrogen-bond donors (Lipinski definition) is 0. The molecule has 0 atom stereocenters. The summed E-state index contributed by atoms with van der Waals surface area (Å²) in [6.45, 7) is 5.33. The van der Waals surface area contributed by atoms with E-state index in [-0.39, 0.29) is 11.1 Å². The monoisotopic (exact) mass is 600 g/mol. The number of imide groups is 2. The van der Waals surface area contributed by atoms with Crippen LogP contribution in [0.4, 0.5) is 11.4 Å². The summed E-state index contributed by atoms with van der Waals surface area (Å²) in [4.78, 5) is 57.9. The average Bonchev–Trinajstić information content (AvgIpc) is 3.61. The Morgan fingerprint density at radius 3 is 1.69 bits per heavy atom. The molecule has 7 rings (SSSR count). The predicted octanol–water partition coefficient (Wildman–Crippen LogP) is 8.05. The summed E-state index contributed by atoms with van der Waals surface area (Å²) >= 11 is 0. The van der Waals surface area contributed by atoms with Crippen LogP contribution in [0.3, 0.4) is 0 Å². The van der Waals surface area contributed by atoms with Crippen LogP contribution >= 0.6 is 0 Å². The van der Waals surface area contributed by atoms with Crippen LogP contribution in [0.5, 0.6) is 0 Å². The maximum atomic E-state index is 13.9. The molecule has 45 heavy (non-hydrogen) atoms. The molecule has 0 saturated heterocycles. The van der Waals surface area contributed by atoms with E-state index in [1.54, 1.807) is 36.4 Å². The molecule has 0 unspecified atom stereocenters. The molecule has 228 valence electrons. The molecule has 7 nitrogen and oxygen atoms in total. The lowest BCUT2D eigenvalue weighted by atomic mass is 9.85. The molecule has 0 radical (unpaired) electrons. The summed E-state index contributed by atoms with van der Waals surface area (Å²) in [6, 6.07) is 21.4. The summed E-state index contributed by atoms with van der Waals surface area (Å²) in [6.07, 6.45) is 6.86.